The van der Waals surface area contributed by atoms with Gasteiger partial charge in [0.1, 0.15) is 0 Å². The zero-order valence-corrected chi connectivity index (χ0v) is 8.61. The molecule has 1 rings (SSSR count). The third-order valence-electron chi connectivity index (χ3n) is 2.36. The zero-order valence-electron chi connectivity index (χ0n) is 7.72. The molecule has 5 nitrogen and oxygen atoms in total. The molecule has 0 radical (unpaired) electrons. The molecule has 2 N–H and O–H groups in total. The van der Waals surface area contributed by atoms with Crippen molar-refractivity contribution in [3.8, 4) is 0 Å². The molecule has 1 aliphatic heterocycles. The maximum atomic E-state index is 10.4. The summed E-state index contributed by atoms with van der Waals surface area (Å²) in [5, 5.41) is 0. The molecule has 0 aliphatic carbocycles. The Hall–Kier alpha value is 0.0700. The van der Waals surface area contributed by atoms with Gasteiger partial charge < -0.3 is 14.7 Å². The average Bonchev–Trinajstić information content (AvgIpc) is 2.01. The predicted octanol–water partition coefficient (Wildman–Crippen LogP) is 0.580. The number of hydrogen-bond donors (Lipinski definition) is 2. The normalized spacial score (nSPS) is 26.2. The van der Waals surface area contributed by atoms with Crippen LogP contribution in [0.2, 0.25) is 0 Å². The molecular formula is C7H16NO4P. The number of piperidine rings is 1. The lowest BCUT2D eigenvalue weighted by atomic mass is 10.0. The standard InChI is InChI=1S/C7H16NO4P/c1-8-5-3-2-4-7(8)6-12-13(9,10)11/h7H,2-6H2,1H3,(H2,9,10,11). The lowest BCUT2D eigenvalue weighted by Crippen LogP contribution is -2.39. The van der Waals surface area contributed by atoms with Crippen LogP contribution in [0.3, 0.4) is 0 Å². The Morgan fingerprint density at radius 2 is 2.23 bits per heavy atom. The highest BCUT2D eigenvalue weighted by Crippen LogP contribution is 2.36. The second kappa shape index (κ2) is 4.53. The minimum atomic E-state index is -4.29. The van der Waals surface area contributed by atoms with Gasteiger partial charge >= 0.3 is 7.82 Å². The highest BCUT2D eigenvalue weighted by atomic mass is 31.2. The second-order valence-corrected chi connectivity index (χ2v) is 4.66. The number of phosphoric ester groups is 1. The van der Waals surface area contributed by atoms with Crippen LogP contribution >= 0.6 is 7.82 Å². The minimum absolute atomic E-state index is 0.126. The van der Waals surface area contributed by atoms with E-state index in [9.17, 15) is 4.57 Å². The Morgan fingerprint density at radius 1 is 1.54 bits per heavy atom. The van der Waals surface area contributed by atoms with Crippen molar-refractivity contribution >= 4 is 7.82 Å². The summed E-state index contributed by atoms with van der Waals surface area (Å²) in [6, 6.07) is 0.154. The summed E-state index contributed by atoms with van der Waals surface area (Å²) < 4.78 is 14.9. The SMILES string of the molecule is CN1CCCCC1COP(=O)(O)O. The van der Waals surface area contributed by atoms with E-state index in [1.54, 1.807) is 0 Å². The lowest BCUT2D eigenvalue weighted by Gasteiger charge is -2.31. The van der Waals surface area contributed by atoms with Crippen LogP contribution in [0.25, 0.3) is 0 Å². The lowest BCUT2D eigenvalue weighted by molar-refractivity contribution is 0.102. The van der Waals surface area contributed by atoms with E-state index < -0.39 is 7.82 Å². The molecular weight excluding hydrogens is 193 g/mol. The quantitative estimate of drug-likeness (QED) is 0.665. The van der Waals surface area contributed by atoms with Crippen LogP contribution in [0.1, 0.15) is 19.3 Å². The molecule has 0 aromatic rings. The molecule has 0 saturated carbocycles. The molecule has 0 aromatic carbocycles. The molecule has 13 heavy (non-hydrogen) atoms. The Labute approximate surface area is 77.9 Å². The van der Waals surface area contributed by atoms with Gasteiger partial charge in [-0.25, -0.2) is 4.57 Å². The highest BCUT2D eigenvalue weighted by molar-refractivity contribution is 7.46. The predicted molar refractivity (Wildman–Crippen MR) is 48.3 cm³/mol. The average molecular weight is 209 g/mol. The maximum absolute atomic E-state index is 10.4. The van der Waals surface area contributed by atoms with Crippen LogP contribution in [-0.2, 0) is 9.09 Å². The molecule has 1 atom stereocenters. The van der Waals surface area contributed by atoms with Gasteiger partial charge in [0.15, 0.2) is 0 Å². The van der Waals surface area contributed by atoms with Gasteiger partial charge in [-0.15, -0.1) is 0 Å². The number of likely N-dealkylation sites (N-methyl/N-ethyl adjacent to an activating group) is 1. The van der Waals surface area contributed by atoms with Gasteiger partial charge in [-0.1, -0.05) is 6.42 Å². The van der Waals surface area contributed by atoms with E-state index in [4.69, 9.17) is 9.79 Å². The Balaban J connectivity index is 2.31. The van der Waals surface area contributed by atoms with E-state index in [-0.39, 0.29) is 12.6 Å². The van der Waals surface area contributed by atoms with Gasteiger partial charge in [0, 0.05) is 6.04 Å². The first-order valence-corrected chi connectivity index (χ1v) is 5.92. The van der Waals surface area contributed by atoms with Crippen LogP contribution in [0.5, 0.6) is 0 Å². The third-order valence-corrected chi connectivity index (χ3v) is 2.84. The van der Waals surface area contributed by atoms with Crippen LogP contribution in [0, 0.1) is 0 Å². The fraction of sp³-hybridized carbons (Fsp3) is 1.00. The molecule has 1 saturated heterocycles. The van der Waals surface area contributed by atoms with Gasteiger partial charge in [-0.3, -0.25) is 4.52 Å². The van der Waals surface area contributed by atoms with Gasteiger partial charge in [-0.2, -0.15) is 0 Å². The number of rotatable bonds is 3. The highest BCUT2D eigenvalue weighted by Gasteiger charge is 2.23. The van der Waals surface area contributed by atoms with Gasteiger partial charge in [0.05, 0.1) is 6.61 Å². The summed E-state index contributed by atoms with van der Waals surface area (Å²) in [5.41, 5.74) is 0. The van der Waals surface area contributed by atoms with Crippen LogP contribution in [0.15, 0.2) is 0 Å². The van der Waals surface area contributed by atoms with Crippen molar-refractivity contribution in [2.75, 3.05) is 20.2 Å². The molecule has 1 aliphatic rings. The molecule has 0 aromatic heterocycles. The Morgan fingerprint density at radius 3 is 2.77 bits per heavy atom. The molecule has 78 valence electrons. The van der Waals surface area contributed by atoms with Crippen molar-refractivity contribution in [2.24, 2.45) is 0 Å². The monoisotopic (exact) mass is 209 g/mol. The van der Waals surface area contributed by atoms with Crippen LogP contribution < -0.4 is 0 Å². The number of likely N-dealkylation sites (tertiary alicyclic amines) is 1. The van der Waals surface area contributed by atoms with E-state index in [0.717, 1.165) is 25.8 Å². The van der Waals surface area contributed by atoms with Crippen molar-refractivity contribution in [3.63, 3.8) is 0 Å². The molecule has 6 heteroatoms. The fourth-order valence-corrected chi connectivity index (χ4v) is 1.90. The van der Waals surface area contributed by atoms with Gasteiger partial charge in [0.2, 0.25) is 0 Å². The summed E-state index contributed by atoms with van der Waals surface area (Å²) in [5.74, 6) is 0. The van der Waals surface area contributed by atoms with Crippen LogP contribution in [0.4, 0.5) is 0 Å². The summed E-state index contributed by atoms with van der Waals surface area (Å²) >= 11 is 0. The smallest absolute Gasteiger partial charge is 0.303 e. The Kier molecular flexibility index (Phi) is 3.88. The number of phosphoric acid groups is 1. The van der Waals surface area contributed by atoms with Crippen molar-refractivity contribution in [1.82, 2.24) is 4.90 Å². The van der Waals surface area contributed by atoms with E-state index >= 15 is 0 Å². The van der Waals surface area contributed by atoms with Gasteiger partial charge in [0.25, 0.3) is 0 Å². The van der Waals surface area contributed by atoms with E-state index in [2.05, 4.69) is 9.42 Å². The Bertz CT molecular complexity index is 205. The summed E-state index contributed by atoms with van der Waals surface area (Å²) in [7, 11) is -2.33. The first-order chi connectivity index (χ1) is 5.99. The van der Waals surface area contributed by atoms with Crippen molar-refractivity contribution in [2.45, 2.75) is 25.3 Å². The fourth-order valence-electron chi connectivity index (χ4n) is 1.54. The molecule has 1 fully saturated rings. The van der Waals surface area contributed by atoms with E-state index in [1.807, 2.05) is 7.05 Å². The second-order valence-electron chi connectivity index (χ2n) is 3.42. The van der Waals surface area contributed by atoms with Gasteiger partial charge in [-0.05, 0) is 26.4 Å². The molecule has 0 amide bonds. The molecule has 0 spiro atoms. The summed E-state index contributed by atoms with van der Waals surface area (Å²) in [6.45, 7) is 1.11. The van der Waals surface area contributed by atoms with Crippen molar-refractivity contribution in [3.05, 3.63) is 0 Å². The van der Waals surface area contributed by atoms with E-state index in [1.165, 1.54) is 0 Å². The third kappa shape index (κ3) is 4.20. The molecule has 1 heterocycles. The zero-order chi connectivity index (χ0) is 9.90. The van der Waals surface area contributed by atoms with Crippen molar-refractivity contribution in [1.29, 1.82) is 0 Å². The number of nitrogens with zero attached hydrogens (tertiary/aromatic N) is 1. The summed E-state index contributed by atoms with van der Waals surface area (Å²) in [4.78, 5) is 19.1. The van der Waals surface area contributed by atoms with E-state index in [0.29, 0.717) is 0 Å². The maximum Gasteiger partial charge on any atom is 0.469 e. The first kappa shape index (κ1) is 11.1. The molecule has 1 unspecified atom stereocenters. The minimum Gasteiger partial charge on any atom is -0.303 e. The number of hydrogen-bond acceptors (Lipinski definition) is 3. The molecule has 0 bridgehead atoms. The topological polar surface area (TPSA) is 70.0 Å². The first-order valence-electron chi connectivity index (χ1n) is 4.39. The largest absolute Gasteiger partial charge is 0.469 e. The van der Waals surface area contributed by atoms with Crippen LogP contribution in [-0.4, -0.2) is 40.9 Å². The summed E-state index contributed by atoms with van der Waals surface area (Å²) in [6.07, 6.45) is 3.22. The van der Waals surface area contributed by atoms with Crippen molar-refractivity contribution < 1.29 is 18.9 Å².